The van der Waals surface area contributed by atoms with Gasteiger partial charge in [0, 0.05) is 9.64 Å². The maximum Gasteiger partial charge on any atom is 0.213 e. The van der Waals surface area contributed by atoms with Crippen LogP contribution in [0, 0.1) is 3.57 Å². The van der Waals surface area contributed by atoms with Crippen LogP contribution < -0.4 is 9.47 Å². The van der Waals surface area contributed by atoms with Crippen molar-refractivity contribution >= 4 is 22.6 Å². The van der Waals surface area contributed by atoms with Gasteiger partial charge in [0.05, 0.1) is 12.8 Å². The number of nitrogens with zero attached hydrogens (tertiary/aromatic N) is 1. The molecule has 4 heteroatoms. The highest BCUT2D eigenvalue weighted by Gasteiger charge is 1.99. The van der Waals surface area contributed by atoms with E-state index in [1.807, 2.05) is 42.5 Å². The Morgan fingerprint density at radius 1 is 1.18 bits per heavy atom. The molecule has 2 aromatic rings. The lowest BCUT2D eigenvalue weighted by molar-refractivity contribution is 0.298. The van der Waals surface area contributed by atoms with Crippen LogP contribution in [0.15, 0.2) is 42.5 Å². The van der Waals surface area contributed by atoms with Gasteiger partial charge in [-0.3, -0.25) is 0 Å². The van der Waals surface area contributed by atoms with Crippen LogP contribution in [0.1, 0.15) is 5.69 Å². The monoisotopic (exact) mass is 341 g/mol. The lowest BCUT2D eigenvalue weighted by atomic mass is 10.3. The molecule has 0 unspecified atom stereocenters. The minimum Gasteiger partial charge on any atom is -0.487 e. The fourth-order valence-corrected chi connectivity index (χ4v) is 1.88. The molecule has 3 nitrogen and oxygen atoms in total. The van der Waals surface area contributed by atoms with Crippen molar-refractivity contribution in [1.29, 1.82) is 0 Å². The lowest BCUT2D eigenvalue weighted by Crippen LogP contribution is -1.99. The van der Waals surface area contributed by atoms with E-state index in [2.05, 4.69) is 27.6 Å². The Balaban J connectivity index is 2.02. The van der Waals surface area contributed by atoms with Crippen molar-refractivity contribution in [3.63, 3.8) is 0 Å². The molecule has 17 heavy (non-hydrogen) atoms. The molecule has 0 saturated heterocycles. The molecular weight excluding hydrogens is 329 g/mol. The minimum absolute atomic E-state index is 0.442. The van der Waals surface area contributed by atoms with Gasteiger partial charge in [-0.2, -0.15) is 0 Å². The van der Waals surface area contributed by atoms with Gasteiger partial charge >= 0.3 is 0 Å². The highest BCUT2D eigenvalue weighted by atomic mass is 127. The van der Waals surface area contributed by atoms with Crippen LogP contribution >= 0.6 is 22.6 Å². The summed E-state index contributed by atoms with van der Waals surface area (Å²) in [7, 11) is 1.60. The predicted molar refractivity (Wildman–Crippen MR) is 74.3 cm³/mol. The Bertz CT molecular complexity index is 502. The molecule has 1 aromatic heterocycles. The molecule has 0 aliphatic rings. The first kappa shape index (κ1) is 12.2. The molecule has 0 atom stereocenters. The van der Waals surface area contributed by atoms with Gasteiger partial charge in [-0.25, -0.2) is 4.98 Å². The van der Waals surface area contributed by atoms with Crippen LogP contribution in [-0.4, -0.2) is 12.1 Å². The van der Waals surface area contributed by atoms with E-state index in [-0.39, 0.29) is 0 Å². The first-order valence-electron chi connectivity index (χ1n) is 5.16. The van der Waals surface area contributed by atoms with Crippen LogP contribution in [0.25, 0.3) is 0 Å². The number of benzene rings is 1. The van der Waals surface area contributed by atoms with Crippen molar-refractivity contribution in [2.75, 3.05) is 7.11 Å². The maximum absolute atomic E-state index is 5.65. The third-order valence-corrected chi connectivity index (χ3v) is 2.84. The second kappa shape index (κ2) is 5.86. The largest absolute Gasteiger partial charge is 0.487 e. The maximum atomic E-state index is 5.65. The van der Waals surface area contributed by atoms with E-state index >= 15 is 0 Å². The van der Waals surface area contributed by atoms with E-state index in [0.29, 0.717) is 12.5 Å². The number of pyridine rings is 1. The summed E-state index contributed by atoms with van der Waals surface area (Å²) in [5, 5.41) is 0. The molecule has 0 amide bonds. The first-order valence-corrected chi connectivity index (χ1v) is 6.24. The zero-order valence-corrected chi connectivity index (χ0v) is 11.5. The summed E-state index contributed by atoms with van der Waals surface area (Å²) in [6.07, 6.45) is 0. The molecular formula is C13H12INO2. The Hall–Kier alpha value is -1.30. The average molecular weight is 341 g/mol. The van der Waals surface area contributed by atoms with E-state index in [1.165, 1.54) is 0 Å². The van der Waals surface area contributed by atoms with Crippen LogP contribution in [0.2, 0.25) is 0 Å². The highest BCUT2D eigenvalue weighted by molar-refractivity contribution is 14.1. The van der Waals surface area contributed by atoms with Crippen molar-refractivity contribution in [3.8, 4) is 11.6 Å². The third kappa shape index (κ3) is 3.59. The third-order valence-electron chi connectivity index (χ3n) is 2.17. The molecule has 0 spiro atoms. The fraction of sp³-hybridized carbons (Fsp3) is 0.154. The van der Waals surface area contributed by atoms with Gasteiger partial charge in [-0.15, -0.1) is 0 Å². The SMILES string of the molecule is COc1cccc(COc2cccc(I)c2)n1. The van der Waals surface area contributed by atoms with Crippen molar-refractivity contribution in [2.45, 2.75) is 6.61 Å². The highest BCUT2D eigenvalue weighted by Crippen LogP contribution is 2.16. The summed E-state index contributed by atoms with van der Waals surface area (Å²) < 4.78 is 11.9. The van der Waals surface area contributed by atoms with Crippen molar-refractivity contribution in [1.82, 2.24) is 4.98 Å². The van der Waals surface area contributed by atoms with Crippen LogP contribution in [0.4, 0.5) is 0 Å². The minimum atomic E-state index is 0.442. The van der Waals surface area contributed by atoms with Gasteiger partial charge in [0.15, 0.2) is 0 Å². The second-order valence-electron chi connectivity index (χ2n) is 3.42. The number of aromatic nitrogens is 1. The van der Waals surface area contributed by atoms with Gasteiger partial charge in [0.25, 0.3) is 0 Å². The molecule has 0 aliphatic heterocycles. The number of hydrogen-bond acceptors (Lipinski definition) is 3. The Labute approximate surface area is 114 Å². The van der Waals surface area contributed by atoms with Crippen molar-refractivity contribution in [2.24, 2.45) is 0 Å². The van der Waals surface area contributed by atoms with Crippen molar-refractivity contribution in [3.05, 3.63) is 51.7 Å². The lowest BCUT2D eigenvalue weighted by Gasteiger charge is -2.07. The summed E-state index contributed by atoms with van der Waals surface area (Å²) in [4.78, 5) is 4.28. The number of halogens is 1. The molecule has 0 N–H and O–H groups in total. The summed E-state index contributed by atoms with van der Waals surface area (Å²) in [5.74, 6) is 1.45. The number of rotatable bonds is 4. The first-order chi connectivity index (χ1) is 8.28. The van der Waals surface area contributed by atoms with E-state index in [1.54, 1.807) is 7.11 Å². The molecule has 0 radical (unpaired) electrons. The molecule has 0 saturated carbocycles. The fourth-order valence-electron chi connectivity index (χ4n) is 1.37. The Kier molecular flexibility index (Phi) is 4.19. The van der Waals surface area contributed by atoms with Gasteiger partial charge in [0.2, 0.25) is 5.88 Å². The molecule has 88 valence electrons. The van der Waals surface area contributed by atoms with Gasteiger partial charge in [0.1, 0.15) is 12.4 Å². The average Bonchev–Trinajstić information content (AvgIpc) is 2.37. The number of ether oxygens (including phenoxy) is 2. The molecule has 0 fully saturated rings. The molecule has 0 aliphatic carbocycles. The Morgan fingerprint density at radius 3 is 2.76 bits per heavy atom. The summed E-state index contributed by atoms with van der Waals surface area (Å²) in [6.45, 7) is 0.442. The van der Waals surface area contributed by atoms with E-state index in [9.17, 15) is 0 Å². The van der Waals surface area contributed by atoms with E-state index in [4.69, 9.17) is 9.47 Å². The normalized spacial score (nSPS) is 10.0. The smallest absolute Gasteiger partial charge is 0.213 e. The van der Waals surface area contributed by atoms with Crippen LogP contribution in [0.3, 0.4) is 0 Å². The summed E-state index contributed by atoms with van der Waals surface area (Å²) in [6, 6.07) is 13.5. The van der Waals surface area contributed by atoms with Gasteiger partial charge in [-0.1, -0.05) is 12.1 Å². The second-order valence-corrected chi connectivity index (χ2v) is 4.66. The van der Waals surface area contributed by atoms with Crippen molar-refractivity contribution < 1.29 is 9.47 Å². The Morgan fingerprint density at radius 2 is 2.00 bits per heavy atom. The number of methoxy groups -OCH3 is 1. The molecule has 1 heterocycles. The molecule has 0 bridgehead atoms. The molecule has 1 aromatic carbocycles. The van der Waals surface area contributed by atoms with E-state index < -0.39 is 0 Å². The quantitative estimate of drug-likeness (QED) is 0.800. The zero-order valence-electron chi connectivity index (χ0n) is 9.39. The van der Waals surface area contributed by atoms with Gasteiger partial charge < -0.3 is 9.47 Å². The standard InChI is InChI=1S/C13H12INO2/c1-16-13-7-3-5-11(15-13)9-17-12-6-2-4-10(14)8-12/h2-8H,9H2,1H3. The summed E-state index contributed by atoms with van der Waals surface area (Å²) >= 11 is 2.26. The van der Waals surface area contributed by atoms with Crippen LogP contribution in [0.5, 0.6) is 11.6 Å². The zero-order chi connectivity index (χ0) is 12.1. The topological polar surface area (TPSA) is 31.4 Å². The summed E-state index contributed by atoms with van der Waals surface area (Å²) in [5.41, 5.74) is 0.850. The van der Waals surface area contributed by atoms with Gasteiger partial charge in [-0.05, 0) is 46.9 Å². The molecule has 2 rings (SSSR count). The van der Waals surface area contributed by atoms with Crippen LogP contribution in [-0.2, 0) is 6.61 Å². The van der Waals surface area contributed by atoms with E-state index in [0.717, 1.165) is 15.0 Å². The predicted octanol–water partition coefficient (Wildman–Crippen LogP) is 3.27. The number of hydrogen-bond donors (Lipinski definition) is 0.